The molecule has 1 rings (SSSR count). The van der Waals surface area contributed by atoms with Gasteiger partial charge in [0.1, 0.15) is 12.4 Å². The molecule has 0 aromatic heterocycles. The highest BCUT2D eigenvalue weighted by Crippen LogP contribution is 2.20. The SMILES string of the molecule is CCC(C)C(C)Nc1cccc(OCCN(C)C)c1. The molecule has 0 saturated heterocycles. The van der Waals surface area contributed by atoms with Crippen molar-refractivity contribution in [1.82, 2.24) is 4.90 Å². The molecule has 3 nitrogen and oxygen atoms in total. The lowest BCUT2D eigenvalue weighted by molar-refractivity contribution is 0.261. The van der Waals surface area contributed by atoms with E-state index in [0.29, 0.717) is 12.0 Å². The first-order valence-corrected chi connectivity index (χ1v) is 7.17. The van der Waals surface area contributed by atoms with Gasteiger partial charge in [-0.2, -0.15) is 0 Å². The molecule has 0 aliphatic carbocycles. The molecule has 19 heavy (non-hydrogen) atoms. The molecule has 0 fully saturated rings. The summed E-state index contributed by atoms with van der Waals surface area (Å²) in [5, 5.41) is 3.54. The van der Waals surface area contributed by atoms with Crippen LogP contribution in [0.25, 0.3) is 0 Å². The van der Waals surface area contributed by atoms with Crippen molar-refractivity contribution >= 4 is 5.69 Å². The Morgan fingerprint density at radius 1 is 1.26 bits per heavy atom. The second-order valence-electron chi connectivity index (χ2n) is 5.50. The average molecular weight is 264 g/mol. The first kappa shape index (κ1) is 15.8. The number of likely N-dealkylation sites (N-methyl/N-ethyl adjacent to an activating group) is 1. The number of anilines is 1. The van der Waals surface area contributed by atoms with Gasteiger partial charge in [-0.25, -0.2) is 0 Å². The summed E-state index contributed by atoms with van der Waals surface area (Å²) in [6, 6.07) is 8.69. The van der Waals surface area contributed by atoms with Crippen LogP contribution in [0.2, 0.25) is 0 Å². The minimum atomic E-state index is 0.474. The zero-order valence-electron chi connectivity index (χ0n) is 12.9. The maximum absolute atomic E-state index is 5.74. The second kappa shape index (κ2) is 8.05. The van der Waals surface area contributed by atoms with Crippen LogP contribution in [0.3, 0.4) is 0 Å². The lowest BCUT2D eigenvalue weighted by Gasteiger charge is -2.21. The summed E-state index contributed by atoms with van der Waals surface area (Å²) >= 11 is 0. The fourth-order valence-electron chi connectivity index (χ4n) is 1.78. The largest absolute Gasteiger partial charge is 0.492 e. The van der Waals surface area contributed by atoms with Crippen LogP contribution < -0.4 is 10.1 Å². The minimum Gasteiger partial charge on any atom is -0.492 e. The fourth-order valence-corrected chi connectivity index (χ4v) is 1.78. The number of ether oxygens (including phenoxy) is 1. The molecular formula is C16H28N2O. The standard InChI is InChI=1S/C16H28N2O/c1-6-13(2)14(3)17-15-8-7-9-16(12-15)19-11-10-18(4)5/h7-9,12-14,17H,6,10-11H2,1-5H3. The second-order valence-corrected chi connectivity index (χ2v) is 5.50. The van der Waals surface area contributed by atoms with E-state index in [1.807, 2.05) is 12.1 Å². The highest BCUT2D eigenvalue weighted by Gasteiger charge is 2.09. The number of hydrogen-bond acceptors (Lipinski definition) is 3. The van der Waals surface area contributed by atoms with Gasteiger partial charge in [-0.3, -0.25) is 0 Å². The molecule has 2 atom stereocenters. The highest BCUT2D eigenvalue weighted by molar-refractivity contribution is 5.48. The van der Waals surface area contributed by atoms with E-state index in [1.54, 1.807) is 0 Å². The van der Waals surface area contributed by atoms with E-state index in [4.69, 9.17) is 4.74 Å². The van der Waals surface area contributed by atoms with Crippen molar-refractivity contribution in [2.45, 2.75) is 33.2 Å². The van der Waals surface area contributed by atoms with Crippen LogP contribution in [-0.4, -0.2) is 38.2 Å². The summed E-state index contributed by atoms with van der Waals surface area (Å²) < 4.78 is 5.74. The van der Waals surface area contributed by atoms with Crippen LogP contribution in [-0.2, 0) is 0 Å². The predicted octanol–water partition coefficient (Wildman–Crippen LogP) is 3.47. The van der Waals surface area contributed by atoms with Crippen molar-refractivity contribution in [2.75, 3.05) is 32.6 Å². The summed E-state index contributed by atoms with van der Waals surface area (Å²) in [5.74, 6) is 1.60. The van der Waals surface area contributed by atoms with Gasteiger partial charge in [-0.1, -0.05) is 26.3 Å². The molecule has 1 aromatic carbocycles. The van der Waals surface area contributed by atoms with E-state index in [0.717, 1.165) is 24.6 Å². The lowest BCUT2D eigenvalue weighted by atomic mass is 10.0. The molecule has 0 bridgehead atoms. The van der Waals surface area contributed by atoms with E-state index in [-0.39, 0.29) is 0 Å². The van der Waals surface area contributed by atoms with Gasteiger partial charge in [-0.05, 0) is 39.1 Å². The van der Waals surface area contributed by atoms with Gasteiger partial charge >= 0.3 is 0 Å². The summed E-state index contributed by atoms with van der Waals surface area (Å²) in [6.07, 6.45) is 1.19. The first-order chi connectivity index (χ1) is 9.02. The third kappa shape index (κ3) is 5.97. The third-order valence-electron chi connectivity index (χ3n) is 3.53. The van der Waals surface area contributed by atoms with Crippen molar-refractivity contribution in [3.8, 4) is 5.75 Å². The van der Waals surface area contributed by atoms with Gasteiger partial charge < -0.3 is 15.0 Å². The summed E-state index contributed by atoms with van der Waals surface area (Å²) in [7, 11) is 4.10. The minimum absolute atomic E-state index is 0.474. The maximum atomic E-state index is 5.74. The zero-order valence-corrected chi connectivity index (χ0v) is 12.9. The molecule has 0 radical (unpaired) electrons. The summed E-state index contributed by atoms with van der Waals surface area (Å²) in [4.78, 5) is 2.12. The summed E-state index contributed by atoms with van der Waals surface area (Å²) in [6.45, 7) is 8.38. The molecule has 0 heterocycles. The van der Waals surface area contributed by atoms with Gasteiger partial charge in [0.05, 0.1) is 0 Å². The fraction of sp³-hybridized carbons (Fsp3) is 0.625. The molecule has 0 amide bonds. The number of hydrogen-bond donors (Lipinski definition) is 1. The molecule has 108 valence electrons. The molecule has 2 unspecified atom stereocenters. The van der Waals surface area contributed by atoms with Crippen molar-refractivity contribution in [1.29, 1.82) is 0 Å². The molecule has 0 spiro atoms. The van der Waals surface area contributed by atoms with Crippen LogP contribution >= 0.6 is 0 Å². The highest BCUT2D eigenvalue weighted by atomic mass is 16.5. The molecule has 3 heteroatoms. The first-order valence-electron chi connectivity index (χ1n) is 7.17. The number of nitrogens with one attached hydrogen (secondary N) is 1. The monoisotopic (exact) mass is 264 g/mol. The van der Waals surface area contributed by atoms with Crippen molar-refractivity contribution in [3.05, 3.63) is 24.3 Å². The lowest BCUT2D eigenvalue weighted by Crippen LogP contribution is -2.23. The van der Waals surface area contributed by atoms with Crippen molar-refractivity contribution < 1.29 is 4.74 Å². The normalized spacial score (nSPS) is 14.2. The maximum Gasteiger partial charge on any atom is 0.121 e. The van der Waals surface area contributed by atoms with E-state index in [2.05, 4.69) is 57.2 Å². The van der Waals surface area contributed by atoms with Gasteiger partial charge in [0, 0.05) is 24.3 Å². The zero-order chi connectivity index (χ0) is 14.3. The Hall–Kier alpha value is -1.22. The number of nitrogens with zero attached hydrogens (tertiary/aromatic N) is 1. The van der Waals surface area contributed by atoms with Gasteiger partial charge in [0.25, 0.3) is 0 Å². The van der Waals surface area contributed by atoms with Crippen LogP contribution in [0, 0.1) is 5.92 Å². The average Bonchev–Trinajstić information content (AvgIpc) is 2.37. The van der Waals surface area contributed by atoms with E-state index < -0.39 is 0 Å². The smallest absolute Gasteiger partial charge is 0.121 e. The summed E-state index contributed by atoms with van der Waals surface area (Å²) in [5.41, 5.74) is 1.13. The molecule has 1 aromatic rings. The van der Waals surface area contributed by atoms with Crippen molar-refractivity contribution in [3.63, 3.8) is 0 Å². The molecule has 0 aliphatic rings. The van der Waals surface area contributed by atoms with Gasteiger partial charge in [0.15, 0.2) is 0 Å². The van der Waals surface area contributed by atoms with Crippen LogP contribution in [0.1, 0.15) is 27.2 Å². The molecule has 1 N–H and O–H groups in total. The Kier molecular flexibility index (Phi) is 6.71. The Morgan fingerprint density at radius 3 is 2.63 bits per heavy atom. The Morgan fingerprint density at radius 2 is 2.00 bits per heavy atom. The van der Waals surface area contributed by atoms with Gasteiger partial charge in [0.2, 0.25) is 0 Å². The van der Waals surface area contributed by atoms with E-state index >= 15 is 0 Å². The van der Waals surface area contributed by atoms with E-state index in [1.165, 1.54) is 6.42 Å². The molecule has 0 saturated carbocycles. The van der Waals surface area contributed by atoms with Crippen LogP contribution in [0.15, 0.2) is 24.3 Å². The molecular weight excluding hydrogens is 236 g/mol. The van der Waals surface area contributed by atoms with Gasteiger partial charge in [-0.15, -0.1) is 0 Å². The van der Waals surface area contributed by atoms with Crippen molar-refractivity contribution in [2.24, 2.45) is 5.92 Å². The Labute approximate surface area is 118 Å². The topological polar surface area (TPSA) is 24.5 Å². The quantitative estimate of drug-likeness (QED) is 0.778. The third-order valence-corrected chi connectivity index (χ3v) is 3.53. The number of rotatable bonds is 8. The number of benzene rings is 1. The van der Waals surface area contributed by atoms with Crippen LogP contribution in [0.5, 0.6) is 5.75 Å². The predicted molar refractivity (Wildman–Crippen MR) is 83.0 cm³/mol. The van der Waals surface area contributed by atoms with E-state index in [9.17, 15) is 0 Å². The molecule has 0 aliphatic heterocycles. The van der Waals surface area contributed by atoms with Crippen LogP contribution in [0.4, 0.5) is 5.69 Å². The Bertz CT molecular complexity index is 366. The Balaban J connectivity index is 2.52.